The van der Waals surface area contributed by atoms with Crippen molar-refractivity contribution in [1.82, 2.24) is 5.32 Å². The molecule has 28 heavy (non-hydrogen) atoms. The van der Waals surface area contributed by atoms with E-state index in [9.17, 15) is 20.1 Å². The highest BCUT2D eigenvalue weighted by Gasteiger charge is 2.45. The molecule has 1 amide bonds. The average Bonchev–Trinajstić information content (AvgIpc) is 2.71. The molecule has 0 saturated carbocycles. The van der Waals surface area contributed by atoms with E-state index in [1.807, 2.05) is 48.5 Å². The first-order chi connectivity index (χ1) is 13.5. The van der Waals surface area contributed by atoms with Gasteiger partial charge in [0.25, 0.3) is 0 Å². The number of carbonyl (C=O) groups excluding carboxylic acids is 1. The molecule has 3 rings (SSSR count). The van der Waals surface area contributed by atoms with E-state index in [0.29, 0.717) is 11.1 Å². The van der Waals surface area contributed by atoms with E-state index in [1.54, 1.807) is 6.07 Å². The van der Waals surface area contributed by atoms with Crippen LogP contribution >= 0.6 is 0 Å². The smallest absolute Gasteiger partial charge is 0.217 e. The van der Waals surface area contributed by atoms with E-state index in [-0.39, 0.29) is 5.91 Å². The van der Waals surface area contributed by atoms with E-state index < -0.39 is 37.1 Å². The average molecular weight is 381 g/mol. The first-order valence-electron chi connectivity index (χ1n) is 9.07. The van der Waals surface area contributed by atoms with Gasteiger partial charge in [-0.1, -0.05) is 48.2 Å². The fourth-order valence-electron chi connectivity index (χ4n) is 3.30. The molecule has 0 spiro atoms. The second-order valence-electron chi connectivity index (χ2n) is 6.69. The Bertz CT molecular complexity index is 873. The molecule has 0 aromatic heterocycles. The molecule has 6 heteroatoms. The number of hydrogen-bond acceptors (Lipinski definition) is 5. The lowest BCUT2D eigenvalue weighted by Gasteiger charge is -2.43. The molecule has 1 aliphatic heterocycles. The number of nitrogens with one attached hydrogen (secondary N) is 1. The van der Waals surface area contributed by atoms with Crippen molar-refractivity contribution in [3.8, 4) is 11.8 Å². The van der Waals surface area contributed by atoms with E-state index in [4.69, 9.17) is 4.74 Å². The van der Waals surface area contributed by atoms with Gasteiger partial charge in [0.1, 0.15) is 24.4 Å². The third-order valence-corrected chi connectivity index (χ3v) is 4.68. The maximum Gasteiger partial charge on any atom is 0.217 e. The molecule has 146 valence electrons. The van der Waals surface area contributed by atoms with Crippen molar-refractivity contribution in [1.29, 1.82) is 0 Å². The number of ether oxygens (including phenoxy) is 1. The highest BCUT2D eigenvalue weighted by atomic mass is 16.5. The Morgan fingerprint density at radius 1 is 1.04 bits per heavy atom. The van der Waals surface area contributed by atoms with Gasteiger partial charge in [-0.3, -0.25) is 4.79 Å². The topological polar surface area (TPSA) is 99.0 Å². The van der Waals surface area contributed by atoms with Crippen LogP contribution in [0.1, 0.15) is 29.7 Å². The summed E-state index contributed by atoms with van der Waals surface area (Å²) in [7, 11) is 0. The van der Waals surface area contributed by atoms with Crippen LogP contribution in [0.5, 0.6) is 0 Å². The van der Waals surface area contributed by atoms with Crippen LogP contribution in [0, 0.1) is 11.8 Å². The maximum atomic E-state index is 11.7. The number of aliphatic hydroxyl groups is 3. The van der Waals surface area contributed by atoms with Crippen LogP contribution in [0.25, 0.3) is 0 Å². The molecular weight excluding hydrogens is 358 g/mol. The molecule has 1 fully saturated rings. The minimum atomic E-state index is -1.32. The zero-order valence-electron chi connectivity index (χ0n) is 15.4. The summed E-state index contributed by atoms with van der Waals surface area (Å²) in [5.74, 6) is 5.84. The summed E-state index contributed by atoms with van der Waals surface area (Å²) in [5, 5.41) is 32.9. The van der Waals surface area contributed by atoms with Crippen LogP contribution < -0.4 is 5.32 Å². The zero-order chi connectivity index (χ0) is 20.1. The molecule has 0 aliphatic carbocycles. The largest absolute Gasteiger partial charge is 0.394 e. The lowest BCUT2D eigenvalue weighted by atomic mass is 9.87. The standard InChI is InChI=1S/C22H23NO5/c1-14(25)23-19-21(27)20(26)18(13-24)28-22(19)17-10-6-5-9-16(17)12-11-15-7-3-2-4-8-15/h2-10,18-22,24,26-27H,13H2,1H3,(H,23,25)/t18-,19-,20-,21-,22?/m1/s1. The minimum Gasteiger partial charge on any atom is -0.394 e. The fraction of sp³-hybridized carbons (Fsp3) is 0.318. The van der Waals surface area contributed by atoms with E-state index in [0.717, 1.165) is 5.56 Å². The molecule has 2 aromatic carbocycles. The summed E-state index contributed by atoms with van der Waals surface area (Å²) in [4.78, 5) is 11.7. The second kappa shape index (κ2) is 9.00. The van der Waals surface area contributed by atoms with Gasteiger partial charge in [-0.2, -0.15) is 0 Å². The van der Waals surface area contributed by atoms with Gasteiger partial charge in [0.2, 0.25) is 5.91 Å². The number of hydrogen-bond donors (Lipinski definition) is 4. The third kappa shape index (κ3) is 4.41. The lowest BCUT2D eigenvalue weighted by Crippen LogP contribution is -2.60. The Morgan fingerprint density at radius 2 is 1.71 bits per heavy atom. The Kier molecular flexibility index (Phi) is 6.45. The Labute approximate surface area is 163 Å². The summed E-state index contributed by atoms with van der Waals surface area (Å²) in [5.41, 5.74) is 2.19. The molecule has 2 aromatic rings. The summed E-state index contributed by atoms with van der Waals surface area (Å²) in [6, 6.07) is 15.9. The van der Waals surface area contributed by atoms with Gasteiger partial charge < -0.3 is 25.4 Å². The zero-order valence-corrected chi connectivity index (χ0v) is 15.4. The first kappa shape index (κ1) is 20.1. The van der Waals surface area contributed by atoms with Crippen LogP contribution in [-0.2, 0) is 9.53 Å². The van der Waals surface area contributed by atoms with Gasteiger partial charge in [0.05, 0.1) is 12.6 Å². The van der Waals surface area contributed by atoms with Crippen LogP contribution in [0.4, 0.5) is 0 Å². The monoisotopic (exact) mass is 381 g/mol. The molecule has 1 unspecified atom stereocenters. The molecule has 6 nitrogen and oxygen atoms in total. The SMILES string of the molecule is CC(=O)N[C@H]1C(c2ccccc2C#Cc2ccccc2)O[C@H](CO)[C@@H](O)[C@@H]1O. The highest BCUT2D eigenvalue weighted by Crippen LogP contribution is 2.34. The minimum absolute atomic E-state index is 0.361. The van der Waals surface area contributed by atoms with E-state index in [1.165, 1.54) is 6.92 Å². The van der Waals surface area contributed by atoms with Crippen molar-refractivity contribution in [2.24, 2.45) is 0 Å². The summed E-state index contributed by atoms with van der Waals surface area (Å²) in [6.45, 7) is 0.870. The van der Waals surface area contributed by atoms with E-state index >= 15 is 0 Å². The van der Waals surface area contributed by atoms with Crippen molar-refractivity contribution in [2.45, 2.75) is 37.4 Å². The first-order valence-corrected chi connectivity index (χ1v) is 9.07. The van der Waals surface area contributed by atoms with Crippen LogP contribution in [0.3, 0.4) is 0 Å². The van der Waals surface area contributed by atoms with Crippen LogP contribution in [0.2, 0.25) is 0 Å². The van der Waals surface area contributed by atoms with Gasteiger partial charge >= 0.3 is 0 Å². The molecule has 1 aliphatic rings. The molecule has 4 N–H and O–H groups in total. The highest BCUT2D eigenvalue weighted by molar-refractivity contribution is 5.73. The second-order valence-corrected chi connectivity index (χ2v) is 6.69. The predicted molar refractivity (Wildman–Crippen MR) is 103 cm³/mol. The number of carbonyl (C=O) groups is 1. The Balaban J connectivity index is 2.00. The van der Waals surface area contributed by atoms with Gasteiger partial charge in [-0.15, -0.1) is 0 Å². The molecule has 0 radical (unpaired) electrons. The fourth-order valence-corrected chi connectivity index (χ4v) is 3.30. The number of aliphatic hydroxyl groups excluding tert-OH is 3. The van der Waals surface area contributed by atoms with Crippen molar-refractivity contribution in [2.75, 3.05) is 6.61 Å². The van der Waals surface area contributed by atoms with E-state index in [2.05, 4.69) is 17.2 Å². The van der Waals surface area contributed by atoms with Crippen LogP contribution in [-0.4, -0.2) is 52.2 Å². The summed E-state index contributed by atoms with van der Waals surface area (Å²) >= 11 is 0. The molecule has 1 saturated heterocycles. The van der Waals surface area contributed by atoms with Gasteiger partial charge in [0.15, 0.2) is 0 Å². The van der Waals surface area contributed by atoms with Crippen molar-refractivity contribution >= 4 is 5.91 Å². The Hall–Kier alpha value is -2.69. The summed E-state index contributed by atoms with van der Waals surface area (Å²) < 4.78 is 5.87. The quantitative estimate of drug-likeness (QED) is 0.588. The molecule has 5 atom stereocenters. The van der Waals surface area contributed by atoms with Gasteiger partial charge in [-0.05, 0) is 23.8 Å². The molecule has 0 bridgehead atoms. The number of benzene rings is 2. The normalized spacial score (nSPS) is 26.8. The van der Waals surface area contributed by atoms with Crippen LogP contribution in [0.15, 0.2) is 54.6 Å². The lowest BCUT2D eigenvalue weighted by molar-refractivity contribution is -0.197. The molecule has 1 heterocycles. The maximum absolute atomic E-state index is 11.7. The predicted octanol–water partition coefficient (Wildman–Crippen LogP) is 0.745. The van der Waals surface area contributed by atoms with Crippen molar-refractivity contribution < 1.29 is 24.9 Å². The number of amides is 1. The van der Waals surface area contributed by atoms with Gasteiger partial charge in [-0.25, -0.2) is 0 Å². The summed E-state index contributed by atoms with van der Waals surface area (Å²) in [6.07, 6.45) is -4.36. The number of rotatable bonds is 3. The van der Waals surface area contributed by atoms with Crippen molar-refractivity contribution in [3.63, 3.8) is 0 Å². The third-order valence-electron chi connectivity index (χ3n) is 4.68. The molecular formula is C22H23NO5. The Morgan fingerprint density at radius 3 is 2.39 bits per heavy atom. The van der Waals surface area contributed by atoms with Crippen molar-refractivity contribution in [3.05, 3.63) is 71.3 Å². The van der Waals surface area contributed by atoms with Gasteiger partial charge in [0, 0.05) is 18.1 Å².